The number of likely N-dealkylation sites (tertiary alicyclic amines) is 1. The molecule has 1 aliphatic heterocycles. The van der Waals surface area contributed by atoms with Crippen molar-refractivity contribution in [2.24, 2.45) is 5.92 Å². The standard InChI is InChI=1S/C14H21NO/c1-3-12-4-6-14(7-5-12)16-11-13-8-9-15(2)10-13/h4-7,13H,3,8-11H2,1-2H3. The fourth-order valence-electron chi connectivity index (χ4n) is 2.20. The van der Waals surface area contributed by atoms with Crippen molar-refractivity contribution in [2.45, 2.75) is 19.8 Å². The second kappa shape index (κ2) is 5.35. The number of nitrogens with zero attached hydrogens (tertiary/aromatic N) is 1. The Labute approximate surface area is 98.2 Å². The molecule has 1 fully saturated rings. The van der Waals surface area contributed by atoms with E-state index in [9.17, 15) is 0 Å². The summed E-state index contributed by atoms with van der Waals surface area (Å²) in [6, 6.07) is 8.46. The molecule has 0 spiro atoms. The third-order valence-electron chi connectivity index (χ3n) is 3.31. The number of rotatable bonds is 4. The first-order chi connectivity index (χ1) is 7.78. The van der Waals surface area contributed by atoms with E-state index < -0.39 is 0 Å². The summed E-state index contributed by atoms with van der Waals surface area (Å²) in [5, 5.41) is 0. The molecule has 0 aromatic heterocycles. The zero-order valence-electron chi connectivity index (χ0n) is 10.3. The Morgan fingerprint density at radius 3 is 2.62 bits per heavy atom. The third kappa shape index (κ3) is 2.99. The van der Waals surface area contributed by atoms with Crippen molar-refractivity contribution < 1.29 is 4.74 Å². The lowest BCUT2D eigenvalue weighted by Gasteiger charge is -2.12. The zero-order chi connectivity index (χ0) is 11.4. The summed E-state index contributed by atoms with van der Waals surface area (Å²) in [6.45, 7) is 5.41. The summed E-state index contributed by atoms with van der Waals surface area (Å²) in [7, 11) is 2.18. The van der Waals surface area contributed by atoms with Gasteiger partial charge in [-0.2, -0.15) is 0 Å². The van der Waals surface area contributed by atoms with E-state index in [0.717, 1.165) is 18.8 Å². The molecule has 0 saturated carbocycles. The molecular weight excluding hydrogens is 198 g/mol. The summed E-state index contributed by atoms with van der Waals surface area (Å²) >= 11 is 0. The van der Waals surface area contributed by atoms with Crippen molar-refractivity contribution >= 4 is 0 Å². The van der Waals surface area contributed by atoms with Gasteiger partial charge < -0.3 is 9.64 Å². The van der Waals surface area contributed by atoms with Crippen molar-refractivity contribution in [1.82, 2.24) is 4.90 Å². The van der Waals surface area contributed by atoms with Gasteiger partial charge in [0.05, 0.1) is 6.61 Å². The molecule has 1 unspecified atom stereocenters. The van der Waals surface area contributed by atoms with Crippen LogP contribution in [0.2, 0.25) is 0 Å². The number of benzene rings is 1. The summed E-state index contributed by atoms with van der Waals surface area (Å²) in [5.41, 5.74) is 1.37. The summed E-state index contributed by atoms with van der Waals surface area (Å²) in [4.78, 5) is 2.37. The third-order valence-corrected chi connectivity index (χ3v) is 3.31. The van der Waals surface area contributed by atoms with Crippen LogP contribution in [-0.2, 0) is 6.42 Å². The van der Waals surface area contributed by atoms with Crippen molar-refractivity contribution in [3.63, 3.8) is 0 Å². The van der Waals surface area contributed by atoms with Gasteiger partial charge in [-0.3, -0.25) is 0 Å². The van der Waals surface area contributed by atoms with E-state index in [0.29, 0.717) is 5.92 Å². The van der Waals surface area contributed by atoms with Crippen LogP contribution in [0.4, 0.5) is 0 Å². The zero-order valence-corrected chi connectivity index (χ0v) is 10.3. The molecule has 2 rings (SSSR count). The van der Waals surface area contributed by atoms with Crippen LogP contribution in [0.15, 0.2) is 24.3 Å². The molecular formula is C14H21NO. The minimum atomic E-state index is 0.704. The maximum Gasteiger partial charge on any atom is 0.119 e. The first-order valence-electron chi connectivity index (χ1n) is 6.18. The molecule has 1 atom stereocenters. The van der Waals surface area contributed by atoms with E-state index in [4.69, 9.17) is 4.74 Å². The molecule has 16 heavy (non-hydrogen) atoms. The van der Waals surface area contributed by atoms with Crippen LogP contribution in [0, 0.1) is 5.92 Å². The fraction of sp³-hybridized carbons (Fsp3) is 0.571. The Morgan fingerprint density at radius 1 is 1.31 bits per heavy atom. The summed E-state index contributed by atoms with van der Waals surface area (Å²) in [6.07, 6.45) is 2.36. The summed E-state index contributed by atoms with van der Waals surface area (Å²) in [5.74, 6) is 1.71. The average molecular weight is 219 g/mol. The highest BCUT2D eigenvalue weighted by atomic mass is 16.5. The van der Waals surface area contributed by atoms with E-state index in [1.807, 2.05) is 0 Å². The number of hydrogen-bond donors (Lipinski definition) is 0. The highest BCUT2D eigenvalue weighted by molar-refractivity contribution is 5.27. The Kier molecular flexibility index (Phi) is 3.83. The van der Waals surface area contributed by atoms with Gasteiger partial charge in [-0.15, -0.1) is 0 Å². The largest absolute Gasteiger partial charge is 0.493 e. The van der Waals surface area contributed by atoms with E-state index in [-0.39, 0.29) is 0 Å². The van der Waals surface area contributed by atoms with Crippen molar-refractivity contribution in [1.29, 1.82) is 0 Å². The molecule has 0 bridgehead atoms. The van der Waals surface area contributed by atoms with Crippen LogP contribution < -0.4 is 4.74 Å². The molecule has 2 heteroatoms. The molecule has 1 heterocycles. The Bertz CT molecular complexity index is 320. The van der Waals surface area contributed by atoms with Crippen LogP contribution in [0.25, 0.3) is 0 Å². The van der Waals surface area contributed by atoms with E-state index >= 15 is 0 Å². The normalized spacial score (nSPS) is 21.2. The molecule has 1 saturated heterocycles. The molecule has 1 aliphatic rings. The minimum Gasteiger partial charge on any atom is -0.493 e. The lowest BCUT2D eigenvalue weighted by Crippen LogP contribution is -2.17. The van der Waals surface area contributed by atoms with E-state index in [1.54, 1.807) is 0 Å². The second-order valence-corrected chi connectivity index (χ2v) is 4.73. The first-order valence-corrected chi connectivity index (χ1v) is 6.18. The topological polar surface area (TPSA) is 12.5 Å². The van der Waals surface area contributed by atoms with Crippen LogP contribution in [-0.4, -0.2) is 31.6 Å². The Hall–Kier alpha value is -1.02. The monoisotopic (exact) mass is 219 g/mol. The Morgan fingerprint density at radius 2 is 2.06 bits per heavy atom. The van der Waals surface area contributed by atoms with Gasteiger partial charge in [-0.25, -0.2) is 0 Å². The molecule has 1 aromatic carbocycles. The highest BCUT2D eigenvalue weighted by Crippen LogP contribution is 2.18. The van der Waals surface area contributed by atoms with Gasteiger partial charge in [0.1, 0.15) is 5.75 Å². The molecule has 0 aliphatic carbocycles. The van der Waals surface area contributed by atoms with E-state index in [2.05, 4.69) is 43.1 Å². The maximum atomic E-state index is 5.81. The SMILES string of the molecule is CCc1ccc(OCC2CCN(C)C2)cc1. The average Bonchev–Trinajstić information content (AvgIpc) is 2.73. The smallest absolute Gasteiger partial charge is 0.119 e. The molecule has 0 N–H and O–H groups in total. The van der Waals surface area contributed by atoms with Crippen molar-refractivity contribution in [3.05, 3.63) is 29.8 Å². The Balaban J connectivity index is 1.80. The van der Waals surface area contributed by atoms with Gasteiger partial charge >= 0.3 is 0 Å². The first kappa shape index (κ1) is 11.5. The molecule has 1 aromatic rings. The second-order valence-electron chi connectivity index (χ2n) is 4.73. The fourth-order valence-corrected chi connectivity index (χ4v) is 2.20. The van der Waals surface area contributed by atoms with E-state index in [1.165, 1.54) is 25.1 Å². The van der Waals surface area contributed by atoms with Gasteiger partial charge in [-0.05, 0) is 44.1 Å². The number of hydrogen-bond acceptors (Lipinski definition) is 2. The summed E-state index contributed by atoms with van der Waals surface area (Å²) < 4.78 is 5.81. The van der Waals surface area contributed by atoms with Crippen LogP contribution in [0.3, 0.4) is 0 Å². The lowest BCUT2D eigenvalue weighted by molar-refractivity contribution is 0.249. The molecule has 2 nitrogen and oxygen atoms in total. The van der Waals surface area contributed by atoms with Gasteiger partial charge in [0, 0.05) is 12.5 Å². The molecule has 0 radical (unpaired) electrons. The van der Waals surface area contributed by atoms with Crippen molar-refractivity contribution in [3.8, 4) is 5.75 Å². The number of aryl methyl sites for hydroxylation is 1. The van der Waals surface area contributed by atoms with Gasteiger partial charge in [0.25, 0.3) is 0 Å². The van der Waals surface area contributed by atoms with Crippen molar-refractivity contribution in [2.75, 3.05) is 26.7 Å². The van der Waals surface area contributed by atoms with Gasteiger partial charge in [0.15, 0.2) is 0 Å². The lowest BCUT2D eigenvalue weighted by atomic mass is 10.1. The van der Waals surface area contributed by atoms with Gasteiger partial charge in [-0.1, -0.05) is 19.1 Å². The quantitative estimate of drug-likeness (QED) is 0.771. The molecule has 88 valence electrons. The van der Waals surface area contributed by atoms with Crippen LogP contribution in [0.5, 0.6) is 5.75 Å². The highest BCUT2D eigenvalue weighted by Gasteiger charge is 2.19. The minimum absolute atomic E-state index is 0.704. The van der Waals surface area contributed by atoms with Gasteiger partial charge in [0.2, 0.25) is 0 Å². The van der Waals surface area contributed by atoms with Crippen LogP contribution in [0.1, 0.15) is 18.9 Å². The predicted octanol–water partition coefficient (Wildman–Crippen LogP) is 2.58. The molecule has 0 amide bonds. The predicted molar refractivity (Wildman–Crippen MR) is 66.9 cm³/mol. The number of ether oxygens (including phenoxy) is 1. The maximum absolute atomic E-state index is 5.81. The van der Waals surface area contributed by atoms with Crippen LogP contribution >= 0.6 is 0 Å².